The first-order chi connectivity index (χ1) is 12.8. The van der Waals surface area contributed by atoms with Gasteiger partial charge in [-0.2, -0.15) is 5.10 Å². The van der Waals surface area contributed by atoms with Gasteiger partial charge in [0, 0.05) is 37.5 Å². The molecule has 1 N–H and O–H groups in total. The molecule has 2 heterocycles. The Kier molecular flexibility index (Phi) is 5.19. The highest BCUT2D eigenvalue weighted by molar-refractivity contribution is 5.76. The van der Waals surface area contributed by atoms with Crippen molar-refractivity contribution in [2.24, 2.45) is 5.92 Å². The normalized spacial score (nSPS) is 20.6. The summed E-state index contributed by atoms with van der Waals surface area (Å²) < 4.78 is 0. The number of nitrogens with one attached hydrogen (secondary N) is 1. The molecule has 2 aliphatic rings. The van der Waals surface area contributed by atoms with E-state index in [1.165, 1.54) is 5.56 Å². The van der Waals surface area contributed by atoms with E-state index in [1.807, 2.05) is 6.07 Å². The molecule has 1 atom stereocenters. The van der Waals surface area contributed by atoms with Crippen LogP contribution in [-0.2, 0) is 11.2 Å². The molecule has 4 rings (SSSR count). The molecule has 1 amide bonds. The fourth-order valence-electron chi connectivity index (χ4n) is 4.14. The van der Waals surface area contributed by atoms with Gasteiger partial charge in [0.1, 0.15) is 0 Å². The molecule has 1 fully saturated rings. The van der Waals surface area contributed by atoms with E-state index >= 15 is 0 Å². The first-order valence-corrected chi connectivity index (χ1v) is 9.80. The predicted molar refractivity (Wildman–Crippen MR) is 103 cm³/mol. The summed E-state index contributed by atoms with van der Waals surface area (Å²) >= 11 is 0. The van der Waals surface area contributed by atoms with Gasteiger partial charge < -0.3 is 4.90 Å². The summed E-state index contributed by atoms with van der Waals surface area (Å²) in [6, 6.07) is 12.7. The second-order valence-electron chi connectivity index (χ2n) is 7.61. The molecule has 2 aromatic rings. The maximum Gasteiger partial charge on any atom is 0.223 e. The Morgan fingerprint density at radius 3 is 2.69 bits per heavy atom. The third-order valence-corrected chi connectivity index (χ3v) is 5.70. The lowest BCUT2D eigenvalue weighted by molar-refractivity contribution is -0.132. The lowest BCUT2D eigenvalue weighted by Gasteiger charge is -2.31. The van der Waals surface area contributed by atoms with Crippen molar-refractivity contribution in [3.8, 4) is 0 Å². The summed E-state index contributed by atoms with van der Waals surface area (Å²) in [7, 11) is 0. The van der Waals surface area contributed by atoms with Crippen LogP contribution in [0.2, 0.25) is 0 Å². The summed E-state index contributed by atoms with van der Waals surface area (Å²) in [4.78, 5) is 14.5. The SMILES string of the molecule is O=C(C[C@H]1C=CCC1)N1CCC(c2cc(Cc3ccccc3)[nH]n2)CC1. The van der Waals surface area contributed by atoms with E-state index in [0.717, 1.165) is 56.6 Å². The molecule has 0 radical (unpaired) electrons. The number of allylic oxidation sites excluding steroid dienone is 2. The van der Waals surface area contributed by atoms with Gasteiger partial charge in [0.15, 0.2) is 0 Å². The van der Waals surface area contributed by atoms with Gasteiger partial charge in [0.25, 0.3) is 0 Å². The lowest BCUT2D eigenvalue weighted by atomic mass is 9.92. The Morgan fingerprint density at radius 1 is 1.15 bits per heavy atom. The van der Waals surface area contributed by atoms with E-state index in [4.69, 9.17) is 0 Å². The van der Waals surface area contributed by atoms with Gasteiger partial charge in [-0.1, -0.05) is 42.5 Å². The minimum absolute atomic E-state index is 0.326. The monoisotopic (exact) mass is 349 g/mol. The number of likely N-dealkylation sites (tertiary alicyclic amines) is 1. The van der Waals surface area contributed by atoms with Gasteiger partial charge >= 0.3 is 0 Å². The van der Waals surface area contributed by atoms with Gasteiger partial charge in [-0.05, 0) is 43.2 Å². The molecule has 4 nitrogen and oxygen atoms in total. The van der Waals surface area contributed by atoms with Gasteiger partial charge in [-0.15, -0.1) is 0 Å². The van der Waals surface area contributed by atoms with Crippen LogP contribution in [0.4, 0.5) is 0 Å². The van der Waals surface area contributed by atoms with Crippen LogP contribution in [0.15, 0.2) is 48.6 Å². The summed E-state index contributed by atoms with van der Waals surface area (Å²) in [5.41, 5.74) is 3.61. The number of H-pyrrole nitrogens is 1. The van der Waals surface area contributed by atoms with Crippen molar-refractivity contribution in [2.75, 3.05) is 13.1 Å². The summed E-state index contributed by atoms with van der Waals surface area (Å²) in [6.07, 6.45) is 10.3. The van der Waals surface area contributed by atoms with Crippen molar-refractivity contribution in [3.63, 3.8) is 0 Å². The van der Waals surface area contributed by atoms with Crippen LogP contribution in [0.1, 0.15) is 55.0 Å². The van der Waals surface area contributed by atoms with Crippen molar-refractivity contribution in [3.05, 3.63) is 65.5 Å². The van der Waals surface area contributed by atoms with E-state index in [9.17, 15) is 4.79 Å². The molecule has 4 heteroatoms. The number of carbonyl (C=O) groups excluding carboxylic acids is 1. The van der Waals surface area contributed by atoms with Crippen LogP contribution < -0.4 is 0 Å². The fourth-order valence-corrected chi connectivity index (χ4v) is 4.14. The maximum absolute atomic E-state index is 12.5. The highest BCUT2D eigenvalue weighted by atomic mass is 16.2. The minimum Gasteiger partial charge on any atom is -0.343 e. The lowest BCUT2D eigenvalue weighted by Crippen LogP contribution is -2.38. The van der Waals surface area contributed by atoms with Crippen LogP contribution in [0.5, 0.6) is 0 Å². The van der Waals surface area contributed by atoms with E-state index in [1.54, 1.807) is 0 Å². The largest absolute Gasteiger partial charge is 0.343 e. The number of piperidine rings is 1. The molecule has 0 unspecified atom stereocenters. The summed E-state index contributed by atoms with van der Waals surface area (Å²) in [5.74, 6) is 1.25. The van der Waals surface area contributed by atoms with E-state index in [0.29, 0.717) is 24.2 Å². The van der Waals surface area contributed by atoms with Crippen LogP contribution in [0.25, 0.3) is 0 Å². The molecule has 1 aromatic carbocycles. The van der Waals surface area contributed by atoms with Crippen molar-refractivity contribution >= 4 is 5.91 Å². The van der Waals surface area contributed by atoms with E-state index < -0.39 is 0 Å². The number of carbonyl (C=O) groups is 1. The van der Waals surface area contributed by atoms with Gasteiger partial charge in [-0.3, -0.25) is 9.89 Å². The highest BCUT2D eigenvalue weighted by Gasteiger charge is 2.26. The quantitative estimate of drug-likeness (QED) is 0.828. The third-order valence-electron chi connectivity index (χ3n) is 5.70. The number of rotatable bonds is 5. The Balaban J connectivity index is 1.29. The average Bonchev–Trinajstić information content (AvgIpc) is 3.35. The molecule has 1 saturated heterocycles. The zero-order valence-corrected chi connectivity index (χ0v) is 15.2. The van der Waals surface area contributed by atoms with E-state index in [-0.39, 0.29) is 0 Å². The van der Waals surface area contributed by atoms with Crippen molar-refractivity contribution < 1.29 is 4.79 Å². The first-order valence-electron chi connectivity index (χ1n) is 9.80. The van der Waals surface area contributed by atoms with Gasteiger partial charge in [-0.25, -0.2) is 0 Å². The van der Waals surface area contributed by atoms with E-state index in [2.05, 4.69) is 57.6 Å². The number of aromatic nitrogens is 2. The number of hydrogen-bond acceptors (Lipinski definition) is 2. The molecule has 0 spiro atoms. The van der Waals surface area contributed by atoms with Crippen LogP contribution in [-0.4, -0.2) is 34.1 Å². The smallest absolute Gasteiger partial charge is 0.223 e. The second-order valence-corrected chi connectivity index (χ2v) is 7.61. The molecule has 136 valence electrons. The molecule has 1 aliphatic carbocycles. The number of benzene rings is 1. The van der Waals surface area contributed by atoms with Crippen molar-refractivity contribution in [1.29, 1.82) is 0 Å². The summed E-state index contributed by atoms with van der Waals surface area (Å²) in [6.45, 7) is 1.72. The van der Waals surface area contributed by atoms with Crippen LogP contribution >= 0.6 is 0 Å². The summed E-state index contributed by atoms with van der Waals surface area (Å²) in [5, 5.41) is 7.75. The zero-order chi connectivity index (χ0) is 17.8. The predicted octanol–water partition coefficient (Wildman–Crippen LogP) is 4.06. The Morgan fingerprint density at radius 2 is 1.96 bits per heavy atom. The molecule has 0 bridgehead atoms. The molecule has 1 aromatic heterocycles. The third kappa shape index (κ3) is 4.06. The Bertz CT molecular complexity index is 757. The molecule has 1 aliphatic heterocycles. The standard InChI is InChI=1S/C22H27N3O/c26-22(15-18-8-4-5-9-18)25-12-10-19(11-13-25)21-16-20(23-24-21)14-17-6-2-1-3-7-17/h1-4,6-8,16,18-19H,5,9-15H2,(H,23,24)/t18-/m0/s1. The fraction of sp³-hybridized carbons (Fsp3) is 0.455. The van der Waals surface area contributed by atoms with Gasteiger partial charge in [0.05, 0.1) is 5.69 Å². The minimum atomic E-state index is 0.326. The molecule has 26 heavy (non-hydrogen) atoms. The van der Waals surface area contributed by atoms with Crippen LogP contribution in [0, 0.1) is 5.92 Å². The number of hydrogen-bond donors (Lipinski definition) is 1. The number of nitrogens with zero attached hydrogens (tertiary/aromatic N) is 2. The molecular formula is C22H27N3O. The highest BCUT2D eigenvalue weighted by Crippen LogP contribution is 2.29. The topological polar surface area (TPSA) is 49.0 Å². The number of amides is 1. The Hall–Kier alpha value is -2.36. The second kappa shape index (κ2) is 7.90. The first kappa shape index (κ1) is 17.1. The average molecular weight is 349 g/mol. The maximum atomic E-state index is 12.5. The molecule has 0 saturated carbocycles. The molecular weight excluding hydrogens is 322 g/mol. The van der Waals surface area contributed by atoms with Gasteiger partial charge in [0.2, 0.25) is 5.91 Å². The van der Waals surface area contributed by atoms with Crippen molar-refractivity contribution in [1.82, 2.24) is 15.1 Å². The van der Waals surface area contributed by atoms with Crippen LogP contribution in [0.3, 0.4) is 0 Å². The zero-order valence-electron chi connectivity index (χ0n) is 15.2. The van der Waals surface area contributed by atoms with Crippen molar-refractivity contribution in [2.45, 2.75) is 44.4 Å². The number of aromatic amines is 1. The Labute approximate surface area is 155 Å².